The number of ether oxygens (including phenoxy) is 1. The van der Waals surface area contributed by atoms with Gasteiger partial charge in [-0.2, -0.15) is 5.10 Å². The Morgan fingerprint density at radius 2 is 2.28 bits per heavy atom. The molecule has 1 heterocycles. The van der Waals surface area contributed by atoms with Crippen molar-refractivity contribution in [1.29, 1.82) is 0 Å². The van der Waals surface area contributed by atoms with E-state index in [0.717, 1.165) is 11.3 Å². The number of hydrogen-bond acceptors (Lipinski definition) is 3. The highest BCUT2D eigenvalue weighted by atomic mass is 19.1. The molecule has 0 spiro atoms. The Balaban J connectivity index is 1.55. The van der Waals surface area contributed by atoms with Crippen molar-refractivity contribution in [2.75, 3.05) is 13.7 Å². The Kier molecular flexibility index (Phi) is 5.53. The third-order valence-electron chi connectivity index (χ3n) is 4.21. The number of rotatable bonds is 7. The molecule has 7 heteroatoms. The van der Waals surface area contributed by atoms with E-state index in [4.69, 9.17) is 4.74 Å². The van der Waals surface area contributed by atoms with Crippen LogP contribution in [0.3, 0.4) is 0 Å². The Labute approximate surface area is 146 Å². The van der Waals surface area contributed by atoms with Crippen molar-refractivity contribution < 1.29 is 9.13 Å². The first kappa shape index (κ1) is 17.3. The van der Waals surface area contributed by atoms with E-state index in [-0.39, 0.29) is 11.9 Å². The van der Waals surface area contributed by atoms with E-state index < -0.39 is 0 Å². The number of H-pyrrole nitrogens is 1. The average molecular weight is 345 g/mol. The van der Waals surface area contributed by atoms with E-state index in [1.165, 1.54) is 18.9 Å². The van der Waals surface area contributed by atoms with Gasteiger partial charge in [-0.3, -0.25) is 10.1 Å². The lowest BCUT2D eigenvalue weighted by atomic mass is 10.1. The maximum Gasteiger partial charge on any atom is 0.191 e. The lowest BCUT2D eigenvalue weighted by Gasteiger charge is -2.18. The highest BCUT2D eigenvalue weighted by Crippen LogP contribution is 2.30. The molecule has 3 rings (SSSR count). The van der Waals surface area contributed by atoms with E-state index in [2.05, 4.69) is 25.8 Å². The fourth-order valence-corrected chi connectivity index (χ4v) is 2.44. The largest absolute Gasteiger partial charge is 0.490 e. The minimum Gasteiger partial charge on any atom is -0.490 e. The third kappa shape index (κ3) is 4.95. The zero-order valence-electron chi connectivity index (χ0n) is 14.6. The zero-order chi connectivity index (χ0) is 17.6. The Morgan fingerprint density at radius 3 is 2.92 bits per heavy atom. The second-order valence-electron chi connectivity index (χ2n) is 6.32. The van der Waals surface area contributed by atoms with Crippen molar-refractivity contribution in [2.24, 2.45) is 10.9 Å². The fourth-order valence-electron chi connectivity index (χ4n) is 2.44. The third-order valence-corrected chi connectivity index (χ3v) is 4.21. The van der Waals surface area contributed by atoms with Crippen LogP contribution >= 0.6 is 0 Å². The highest BCUT2D eigenvalue weighted by Gasteiger charge is 2.22. The van der Waals surface area contributed by atoms with Gasteiger partial charge in [-0.05, 0) is 49.4 Å². The van der Waals surface area contributed by atoms with E-state index in [1.807, 2.05) is 19.1 Å². The van der Waals surface area contributed by atoms with Crippen LogP contribution < -0.4 is 15.4 Å². The van der Waals surface area contributed by atoms with Gasteiger partial charge in [0.25, 0.3) is 0 Å². The van der Waals surface area contributed by atoms with Crippen LogP contribution in [0.4, 0.5) is 4.39 Å². The van der Waals surface area contributed by atoms with Gasteiger partial charge < -0.3 is 15.4 Å². The smallest absolute Gasteiger partial charge is 0.191 e. The molecule has 1 aliphatic rings. The molecule has 1 unspecified atom stereocenters. The number of halogens is 1. The van der Waals surface area contributed by atoms with Crippen LogP contribution in [0.5, 0.6) is 5.75 Å². The van der Waals surface area contributed by atoms with E-state index in [9.17, 15) is 4.39 Å². The van der Waals surface area contributed by atoms with Gasteiger partial charge in [0, 0.05) is 13.2 Å². The van der Waals surface area contributed by atoms with Crippen LogP contribution in [0.15, 0.2) is 35.5 Å². The topological polar surface area (TPSA) is 74.3 Å². The van der Waals surface area contributed by atoms with Crippen molar-refractivity contribution in [2.45, 2.75) is 32.4 Å². The normalized spacial score (nSPS) is 15.7. The Bertz CT molecular complexity index is 712. The number of nitrogens with zero attached hydrogens (tertiary/aromatic N) is 2. The summed E-state index contributed by atoms with van der Waals surface area (Å²) < 4.78 is 19.8. The van der Waals surface area contributed by atoms with Crippen molar-refractivity contribution in [3.63, 3.8) is 0 Å². The van der Waals surface area contributed by atoms with Crippen LogP contribution in [0, 0.1) is 11.7 Å². The van der Waals surface area contributed by atoms with Crippen LogP contribution in [0.2, 0.25) is 0 Å². The van der Waals surface area contributed by atoms with Gasteiger partial charge in [0.15, 0.2) is 17.5 Å². The summed E-state index contributed by atoms with van der Waals surface area (Å²) in [5.41, 5.74) is 1.79. The predicted molar refractivity (Wildman–Crippen MR) is 95.0 cm³/mol. The van der Waals surface area contributed by atoms with Crippen molar-refractivity contribution in [1.82, 2.24) is 20.8 Å². The summed E-state index contributed by atoms with van der Waals surface area (Å²) in [6.45, 7) is 3.14. The molecule has 0 bridgehead atoms. The van der Waals surface area contributed by atoms with Gasteiger partial charge in [0.05, 0.1) is 24.9 Å². The SMILES string of the molecule is CN=C(NCc1ccn[nH]1)NC(C)c1ccc(OCC2CC2)c(F)c1. The summed E-state index contributed by atoms with van der Waals surface area (Å²) in [4.78, 5) is 4.19. The van der Waals surface area contributed by atoms with E-state index in [1.54, 1.807) is 19.3 Å². The molecule has 1 fully saturated rings. The van der Waals surface area contributed by atoms with Crippen LogP contribution in [0.25, 0.3) is 0 Å². The zero-order valence-corrected chi connectivity index (χ0v) is 14.6. The summed E-state index contributed by atoms with van der Waals surface area (Å²) in [6, 6.07) is 6.89. The molecule has 25 heavy (non-hydrogen) atoms. The number of hydrogen-bond donors (Lipinski definition) is 3. The van der Waals surface area contributed by atoms with Crippen molar-refractivity contribution in [3.8, 4) is 5.75 Å². The standard InChI is InChI=1S/C18H24FN5O/c1-12(23-18(20-2)21-10-15-7-8-22-24-15)14-5-6-17(16(19)9-14)25-11-13-3-4-13/h5-9,12-13H,3-4,10-11H2,1-2H3,(H,22,24)(H2,20,21,23). The summed E-state index contributed by atoms with van der Waals surface area (Å²) >= 11 is 0. The molecule has 6 nitrogen and oxygen atoms in total. The van der Waals surface area contributed by atoms with Gasteiger partial charge in [-0.25, -0.2) is 4.39 Å². The molecular weight excluding hydrogens is 321 g/mol. The van der Waals surface area contributed by atoms with Gasteiger partial charge in [-0.1, -0.05) is 6.07 Å². The Morgan fingerprint density at radius 1 is 1.44 bits per heavy atom. The molecule has 0 amide bonds. The monoisotopic (exact) mass is 345 g/mol. The molecule has 0 saturated heterocycles. The highest BCUT2D eigenvalue weighted by molar-refractivity contribution is 5.80. The van der Waals surface area contributed by atoms with Crippen LogP contribution in [-0.2, 0) is 6.54 Å². The predicted octanol–water partition coefficient (Wildman–Crippen LogP) is 2.76. The number of benzene rings is 1. The van der Waals surface area contributed by atoms with Crippen molar-refractivity contribution in [3.05, 3.63) is 47.5 Å². The molecule has 2 aromatic rings. The molecule has 0 radical (unpaired) electrons. The lowest BCUT2D eigenvalue weighted by molar-refractivity contribution is 0.285. The summed E-state index contributed by atoms with van der Waals surface area (Å²) in [7, 11) is 1.70. The number of aromatic amines is 1. The summed E-state index contributed by atoms with van der Waals surface area (Å²) in [5.74, 6) is 1.23. The maximum atomic E-state index is 14.2. The number of aliphatic imine (C=N–C) groups is 1. The first-order valence-electron chi connectivity index (χ1n) is 8.53. The molecule has 1 aromatic heterocycles. The molecule has 134 valence electrons. The lowest BCUT2D eigenvalue weighted by Crippen LogP contribution is -2.38. The van der Waals surface area contributed by atoms with E-state index in [0.29, 0.717) is 30.8 Å². The fraction of sp³-hybridized carbons (Fsp3) is 0.444. The van der Waals surface area contributed by atoms with Gasteiger partial charge in [0.2, 0.25) is 0 Å². The summed E-state index contributed by atoms with van der Waals surface area (Å²) in [5, 5.41) is 13.2. The molecule has 3 N–H and O–H groups in total. The van der Waals surface area contributed by atoms with Gasteiger partial charge in [0.1, 0.15) is 0 Å². The minimum atomic E-state index is -0.327. The van der Waals surface area contributed by atoms with Crippen molar-refractivity contribution >= 4 is 5.96 Å². The molecule has 1 aromatic carbocycles. The second kappa shape index (κ2) is 8.00. The Hall–Kier alpha value is -2.57. The maximum absolute atomic E-state index is 14.2. The number of aromatic nitrogens is 2. The molecule has 0 aliphatic heterocycles. The van der Waals surface area contributed by atoms with Gasteiger partial charge in [-0.15, -0.1) is 0 Å². The van der Waals surface area contributed by atoms with Crippen LogP contribution in [0.1, 0.15) is 37.1 Å². The quantitative estimate of drug-likeness (QED) is 0.533. The molecule has 1 saturated carbocycles. The summed E-state index contributed by atoms with van der Waals surface area (Å²) in [6.07, 6.45) is 4.07. The first-order chi connectivity index (χ1) is 12.2. The molecule has 1 atom stereocenters. The molecular formula is C18H24FN5O. The average Bonchev–Trinajstić information content (AvgIpc) is 3.30. The van der Waals surface area contributed by atoms with Crippen LogP contribution in [-0.4, -0.2) is 29.8 Å². The number of nitrogens with one attached hydrogen (secondary N) is 3. The van der Waals surface area contributed by atoms with Gasteiger partial charge >= 0.3 is 0 Å². The van der Waals surface area contributed by atoms with E-state index >= 15 is 0 Å². The number of guanidine groups is 1. The minimum absolute atomic E-state index is 0.0973. The molecule has 1 aliphatic carbocycles. The first-order valence-corrected chi connectivity index (χ1v) is 8.53. The second-order valence-corrected chi connectivity index (χ2v) is 6.32.